The van der Waals surface area contributed by atoms with E-state index in [2.05, 4.69) is 33.8 Å². The minimum Gasteiger partial charge on any atom is -0.454 e. The predicted octanol–water partition coefficient (Wildman–Crippen LogP) is 5.21. The van der Waals surface area contributed by atoms with Crippen molar-refractivity contribution >= 4 is 17.5 Å². The molecule has 30 heavy (non-hydrogen) atoms. The normalized spacial score (nSPS) is 16.0. The second-order valence-electron chi connectivity index (χ2n) is 6.85. The third kappa shape index (κ3) is 3.96. The molecule has 0 saturated heterocycles. The quantitative estimate of drug-likeness (QED) is 0.674. The molecule has 1 aromatic carbocycles. The number of allylic oxidation sites excluding steroid dienone is 2. The second kappa shape index (κ2) is 7.74. The molecule has 0 spiro atoms. The molecule has 6 nitrogen and oxygen atoms in total. The van der Waals surface area contributed by atoms with Crippen LogP contribution < -0.4 is 20.1 Å². The van der Waals surface area contributed by atoms with Gasteiger partial charge in [0.2, 0.25) is 12.7 Å². The van der Waals surface area contributed by atoms with Crippen molar-refractivity contribution in [1.82, 2.24) is 9.97 Å². The van der Waals surface area contributed by atoms with E-state index in [0.717, 1.165) is 17.3 Å². The topological polar surface area (TPSA) is 68.3 Å². The summed E-state index contributed by atoms with van der Waals surface area (Å²) in [5.41, 5.74) is 1.56. The van der Waals surface area contributed by atoms with E-state index in [1.807, 2.05) is 0 Å². The third-order valence-electron chi connectivity index (χ3n) is 4.90. The molecule has 1 aliphatic heterocycles. The molecule has 156 valence electrons. The van der Waals surface area contributed by atoms with Crippen LogP contribution in [0.25, 0.3) is 0 Å². The summed E-state index contributed by atoms with van der Waals surface area (Å²) in [6.45, 7) is 7.64. The first-order valence-corrected chi connectivity index (χ1v) is 9.21. The van der Waals surface area contributed by atoms with Crippen molar-refractivity contribution in [2.24, 2.45) is 0 Å². The van der Waals surface area contributed by atoms with Crippen LogP contribution in [0.15, 0.2) is 60.9 Å². The van der Waals surface area contributed by atoms with Crippen molar-refractivity contribution in [1.29, 1.82) is 0 Å². The first kappa shape index (κ1) is 19.8. The standard InChI is InChI=1S/C21H19F3N4O2/c1-3-12-7-15(8-13(12)4-2)26-19-16(21(22,23)24)10-25-20(28-19)27-14-5-6-17-18(9-14)30-11-29-17/h3-6,9-10,15H,1-2,7-8,11H2,(H2,25,26,27,28). The molecule has 0 bridgehead atoms. The maximum absolute atomic E-state index is 13.5. The lowest BCUT2D eigenvalue weighted by atomic mass is 10.1. The Labute approximate surface area is 171 Å². The van der Waals surface area contributed by atoms with Gasteiger partial charge in [0.05, 0.1) is 0 Å². The van der Waals surface area contributed by atoms with E-state index in [0.29, 0.717) is 30.0 Å². The zero-order valence-electron chi connectivity index (χ0n) is 15.9. The smallest absolute Gasteiger partial charge is 0.421 e. The molecule has 0 saturated carbocycles. The molecule has 4 rings (SSSR count). The van der Waals surface area contributed by atoms with Gasteiger partial charge in [-0.05, 0) is 36.1 Å². The van der Waals surface area contributed by atoms with Gasteiger partial charge in [0, 0.05) is 24.0 Å². The van der Waals surface area contributed by atoms with Crippen LogP contribution in [0.1, 0.15) is 18.4 Å². The van der Waals surface area contributed by atoms with Gasteiger partial charge in [-0.3, -0.25) is 0 Å². The van der Waals surface area contributed by atoms with Crippen molar-refractivity contribution in [2.45, 2.75) is 25.1 Å². The number of hydrogen-bond donors (Lipinski definition) is 2. The van der Waals surface area contributed by atoms with Crippen molar-refractivity contribution < 1.29 is 22.6 Å². The van der Waals surface area contributed by atoms with E-state index in [4.69, 9.17) is 9.47 Å². The molecule has 0 amide bonds. The average molecular weight is 416 g/mol. The second-order valence-corrected chi connectivity index (χ2v) is 6.85. The number of hydrogen-bond acceptors (Lipinski definition) is 6. The first-order valence-electron chi connectivity index (χ1n) is 9.21. The number of ether oxygens (including phenoxy) is 2. The zero-order chi connectivity index (χ0) is 21.3. The monoisotopic (exact) mass is 416 g/mol. The lowest BCUT2D eigenvalue weighted by Gasteiger charge is -2.19. The Bertz CT molecular complexity index is 1010. The molecule has 1 aliphatic carbocycles. The lowest BCUT2D eigenvalue weighted by Crippen LogP contribution is -2.21. The van der Waals surface area contributed by atoms with Gasteiger partial charge in [0.25, 0.3) is 0 Å². The number of anilines is 3. The highest BCUT2D eigenvalue weighted by atomic mass is 19.4. The fourth-order valence-corrected chi connectivity index (χ4v) is 3.45. The van der Waals surface area contributed by atoms with E-state index in [-0.39, 0.29) is 24.6 Å². The Morgan fingerprint density at radius 3 is 2.43 bits per heavy atom. The third-order valence-corrected chi connectivity index (χ3v) is 4.90. The Morgan fingerprint density at radius 1 is 1.07 bits per heavy atom. The minimum absolute atomic E-state index is 0.0307. The average Bonchev–Trinajstić information content (AvgIpc) is 3.33. The van der Waals surface area contributed by atoms with Crippen LogP contribution >= 0.6 is 0 Å². The molecule has 9 heteroatoms. The summed E-state index contributed by atoms with van der Waals surface area (Å²) in [7, 11) is 0. The molecule has 0 unspecified atom stereocenters. The molecule has 0 fully saturated rings. The lowest BCUT2D eigenvalue weighted by molar-refractivity contribution is -0.137. The van der Waals surface area contributed by atoms with Crippen molar-refractivity contribution in [3.05, 3.63) is 66.4 Å². The molecule has 0 atom stereocenters. The molecule has 1 aromatic heterocycles. The molecule has 2 heterocycles. The van der Waals surface area contributed by atoms with Crippen LogP contribution in [0.4, 0.5) is 30.6 Å². The maximum Gasteiger partial charge on any atom is 0.421 e. The summed E-state index contributed by atoms with van der Waals surface area (Å²) in [5.74, 6) is 0.889. The summed E-state index contributed by atoms with van der Waals surface area (Å²) >= 11 is 0. The predicted molar refractivity (Wildman–Crippen MR) is 107 cm³/mol. The number of halogens is 3. The van der Waals surface area contributed by atoms with Crippen LogP contribution in [-0.2, 0) is 6.18 Å². The van der Waals surface area contributed by atoms with Gasteiger partial charge in [0.15, 0.2) is 11.5 Å². The molecule has 2 aromatic rings. The number of nitrogens with zero attached hydrogens (tertiary/aromatic N) is 2. The summed E-state index contributed by atoms with van der Waals surface area (Å²) in [5, 5.41) is 5.83. The fourth-order valence-electron chi connectivity index (χ4n) is 3.45. The van der Waals surface area contributed by atoms with Gasteiger partial charge < -0.3 is 20.1 Å². The molecule has 2 N–H and O–H groups in total. The highest BCUT2D eigenvalue weighted by Gasteiger charge is 2.36. The molecular formula is C21H19F3N4O2. The van der Waals surface area contributed by atoms with Crippen LogP contribution in [0.2, 0.25) is 0 Å². The minimum atomic E-state index is -4.59. The van der Waals surface area contributed by atoms with Gasteiger partial charge in [-0.1, -0.05) is 25.3 Å². The molecule has 2 aliphatic rings. The summed E-state index contributed by atoms with van der Waals surface area (Å²) in [6, 6.07) is 4.82. The highest BCUT2D eigenvalue weighted by Crippen LogP contribution is 2.38. The van der Waals surface area contributed by atoms with Crippen LogP contribution in [0.3, 0.4) is 0 Å². The van der Waals surface area contributed by atoms with Gasteiger partial charge in [-0.25, -0.2) is 4.98 Å². The van der Waals surface area contributed by atoms with Crippen molar-refractivity contribution in [3.8, 4) is 11.5 Å². The Hall–Kier alpha value is -3.49. The number of benzene rings is 1. The molecular weight excluding hydrogens is 397 g/mol. The number of alkyl halides is 3. The van der Waals surface area contributed by atoms with Crippen LogP contribution in [-0.4, -0.2) is 22.8 Å². The maximum atomic E-state index is 13.5. The summed E-state index contributed by atoms with van der Waals surface area (Å²) < 4.78 is 51.1. The van der Waals surface area contributed by atoms with Gasteiger partial charge in [0.1, 0.15) is 11.4 Å². The van der Waals surface area contributed by atoms with E-state index in [9.17, 15) is 13.2 Å². The van der Waals surface area contributed by atoms with Crippen LogP contribution in [0.5, 0.6) is 11.5 Å². The number of nitrogens with one attached hydrogen (secondary N) is 2. The summed E-state index contributed by atoms with van der Waals surface area (Å²) in [4.78, 5) is 7.93. The van der Waals surface area contributed by atoms with E-state index in [1.165, 1.54) is 0 Å². The first-order chi connectivity index (χ1) is 14.4. The van der Waals surface area contributed by atoms with E-state index < -0.39 is 11.7 Å². The zero-order valence-corrected chi connectivity index (χ0v) is 15.9. The molecule has 0 radical (unpaired) electrons. The number of rotatable bonds is 6. The van der Waals surface area contributed by atoms with Gasteiger partial charge >= 0.3 is 6.18 Å². The Kier molecular flexibility index (Phi) is 5.11. The number of fused-ring (bicyclic) bond motifs is 1. The van der Waals surface area contributed by atoms with Crippen LogP contribution in [0, 0.1) is 0 Å². The Balaban J connectivity index is 1.58. The largest absolute Gasteiger partial charge is 0.454 e. The fraction of sp³-hybridized carbons (Fsp3) is 0.238. The van der Waals surface area contributed by atoms with Gasteiger partial charge in [-0.2, -0.15) is 18.2 Å². The van der Waals surface area contributed by atoms with E-state index in [1.54, 1.807) is 30.4 Å². The van der Waals surface area contributed by atoms with Crippen molar-refractivity contribution in [3.63, 3.8) is 0 Å². The Morgan fingerprint density at radius 2 is 1.77 bits per heavy atom. The number of aromatic nitrogens is 2. The van der Waals surface area contributed by atoms with Gasteiger partial charge in [-0.15, -0.1) is 0 Å². The SMILES string of the molecule is C=CC1=C(C=C)CC(Nc2nc(Nc3ccc4c(c3)OCO4)ncc2C(F)(F)F)C1. The highest BCUT2D eigenvalue weighted by molar-refractivity contribution is 5.62. The van der Waals surface area contributed by atoms with Crippen molar-refractivity contribution in [2.75, 3.05) is 17.4 Å². The van der Waals surface area contributed by atoms with E-state index >= 15 is 0 Å². The summed E-state index contributed by atoms with van der Waals surface area (Å²) in [6.07, 6.45) is 0.671.